The number of imidazole rings is 1. The van der Waals surface area contributed by atoms with E-state index in [1.807, 2.05) is 0 Å². The third kappa shape index (κ3) is 8.91. The number of aliphatic hydroxyl groups is 1. The zero-order valence-electron chi connectivity index (χ0n) is 25.2. The first kappa shape index (κ1) is 36.6. The van der Waals surface area contributed by atoms with Crippen molar-refractivity contribution in [3.05, 3.63) is 48.1 Å². The van der Waals surface area contributed by atoms with Crippen LogP contribution in [-0.2, 0) is 46.4 Å². The highest BCUT2D eigenvalue weighted by Gasteiger charge is 2.49. The number of hydrogen-bond donors (Lipinski definition) is 6. The van der Waals surface area contributed by atoms with Crippen LogP contribution in [0, 0.1) is 0 Å². The van der Waals surface area contributed by atoms with Gasteiger partial charge in [-0.1, -0.05) is 6.08 Å². The molecule has 0 saturated carbocycles. The topological polar surface area (TPSA) is 327 Å². The largest absolute Gasteiger partial charge is 0.472 e. The first-order valence-corrected chi connectivity index (χ1v) is 17.2. The van der Waals surface area contributed by atoms with Crippen molar-refractivity contribution in [3.8, 4) is 0 Å². The zero-order valence-corrected chi connectivity index (χ0v) is 27.0. The maximum Gasteiger partial charge on any atom is 0.472 e. The summed E-state index contributed by atoms with van der Waals surface area (Å²) in [4.78, 5) is 69.6. The number of aromatic nitrogens is 6. The Bertz CT molecular complexity index is 1820. The zero-order chi connectivity index (χ0) is 35.5. The normalized spacial score (nSPS) is 26.9. The van der Waals surface area contributed by atoms with E-state index in [2.05, 4.69) is 31.0 Å². The van der Waals surface area contributed by atoms with Crippen molar-refractivity contribution in [2.24, 2.45) is 0 Å². The fourth-order valence-corrected chi connectivity index (χ4v) is 6.31. The van der Waals surface area contributed by atoms with Crippen molar-refractivity contribution in [2.45, 2.75) is 49.4 Å². The average Bonchev–Trinajstić information content (AvgIpc) is 3.71. The molecule has 0 aliphatic carbocycles. The molecule has 0 radical (unpaired) electrons. The summed E-state index contributed by atoms with van der Waals surface area (Å²) >= 11 is 0. The van der Waals surface area contributed by atoms with Gasteiger partial charge in [0.2, 0.25) is 0 Å². The third-order valence-electron chi connectivity index (χ3n) is 7.11. The van der Waals surface area contributed by atoms with Crippen LogP contribution >= 0.6 is 15.6 Å². The minimum absolute atomic E-state index is 0.0244. The minimum Gasteiger partial charge on any atom is -0.455 e. The molecule has 49 heavy (non-hydrogen) atoms. The number of aliphatic hydroxyl groups excluding tert-OH is 1. The van der Waals surface area contributed by atoms with Gasteiger partial charge in [0.15, 0.2) is 23.8 Å². The van der Waals surface area contributed by atoms with Gasteiger partial charge in [-0.2, -0.15) is 4.98 Å². The van der Waals surface area contributed by atoms with Gasteiger partial charge in [-0.3, -0.25) is 22.7 Å². The Balaban J connectivity index is 1.32. The molecule has 23 nitrogen and oxygen atoms in total. The molecule has 5 rings (SSSR count). The van der Waals surface area contributed by atoms with E-state index in [1.54, 1.807) is 0 Å². The van der Waals surface area contributed by atoms with Crippen molar-refractivity contribution in [1.29, 1.82) is 0 Å². The van der Waals surface area contributed by atoms with Crippen LogP contribution in [0.4, 0.5) is 11.6 Å². The van der Waals surface area contributed by atoms with Crippen molar-refractivity contribution in [3.63, 3.8) is 0 Å². The predicted molar refractivity (Wildman–Crippen MR) is 161 cm³/mol. The van der Waals surface area contributed by atoms with Gasteiger partial charge >= 0.3 is 27.3 Å². The first-order valence-electron chi connectivity index (χ1n) is 14.2. The Morgan fingerprint density at radius 3 is 2.57 bits per heavy atom. The number of phosphoric acid groups is 2. The molecule has 25 heteroatoms. The predicted octanol–water partition coefficient (Wildman–Crippen LogP) is -1.48. The Labute approximate surface area is 275 Å². The van der Waals surface area contributed by atoms with Crippen LogP contribution in [-0.4, -0.2) is 112 Å². The lowest BCUT2D eigenvalue weighted by Gasteiger charge is -2.23. The summed E-state index contributed by atoms with van der Waals surface area (Å²) in [6.07, 6.45) is -5.09. The smallest absolute Gasteiger partial charge is 0.455 e. The Hall–Kier alpha value is -3.70. The van der Waals surface area contributed by atoms with E-state index in [9.17, 15) is 38.5 Å². The lowest BCUT2D eigenvalue weighted by atomic mass is 10.1. The standard InChI is InChI=1S/C24H32N8O15P2/c1-2-5-41-9-17(33)46-20-14(45-23(19(20)34)32-11-29-18-21(26)27-10-28-22(18)32)8-43-49(39,40)47-12-6-16(31-4-3-15(25)30-24(31)35)44-13(12)7-42-48(36,37)38/h2-4,10-14,16,19-20,23,34H,1,5-9H2,(H,39,40)(H2,25,30,35)(H2,26,27,28)(H2,36,37,38)/t12-,13+,14?,16+,19?,20?,23?/m0/s1. The summed E-state index contributed by atoms with van der Waals surface area (Å²) in [5, 5.41) is 11.2. The summed E-state index contributed by atoms with van der Waals surface area (Å²) in [5.41, 5.74) is 10.9. The quantitative estimate of drug-likeness (QED) is 0.0448. The number of hydrogen-bond acceptors (Lipinski definition) is 18. The molecule has 5 unspecified atom stereocenters. The van der Waals surface area contributed by atoms with Gasteiger partial charge in [-0.05, 0) is 6.07 Å². The maximum atomic E-state index is 13.2. The highest BCUT2D eigenvalue weighted by Crippen LogP contribution is 2.50. The number of phosphoric ester groups is 2. The fraction of sp³-hybridized carbons (Fsp3) is 0.500. The van der Waals surface area contributed by atoms with Gasteiger partial charge in [0, 0.05) is 12.6 Å². The van der Waals surface area contributed by atoms with E-state index in [0.29, 0.717) is 0 Å². The van der Waals surface area contributed by atoms with Crippen LogP contribution < -0.4 is 17.2 Å². The van der Waals surface area contributed by atoms with E-state index in [4.69, 9.17) is 39.5 Å². The van der Waals surface area contributed by atoms with Gasteiger partial charge in [0.05, 0.1) is 26.1 Å². The van der Waals surface area contributed by atoms with Crippen LogP contribution in [0.1, 0.15) is 18.9 Å². The van der Waals surface area contributed by atoms with Crippen LogP contribution in [0.15, 0.2) is 42.4 Å². The molecule has 2 aliphatic heterocycles. The Morgan fingerprint density at radius 2 is 1.86 bits per heavy atom. The van der Waals surface area contributed by atoms with E-state index < -0.39 is 90.1 Å². The summed E-state index contributed by atoms with van der Waals surface area (Å²) < 4.78 is 63.8. The number of esters is 1. The second-order valence-electron chi connectivity index (χ2n) is 10.5. The molecule has 0 amide bonds. The van der Waals surface area contributed by atoms with Gasteiger partial charge in [-0.15, -0.1) is 6.58 Å². The number of carbonyl (C=O) groups excluding carboxylic acids is 1. The van der Waals surface area contributed by atoms with Gasteiger partial charge in [-0.25, -0.2) is 33.7 Å². The molecule has 0 spiro atoms. The molecule has 8 N–H and O–H groups in total. The highest BCUT2D eigenvalue weighted by molar-refractivity contribution is 7.47. The number of rotatable bonds is 15. The SMILES string of the molecule is C=CCOCC(=O)OC1C(COP(=O)(O)O[C@H]2C[C@H](n3ccc(N)nc3=O)O[C@@H]2COP(=O)(O)O)OC(n2cnc3c(N)ncnc32)C1O. The number of ether oxygens (including phenoxy) is 4. The van der Waals surface area contributed by atoms with Crippen molar-refractivity contribution < 1.29 is 66.2 Å². The van der Waals surface area contributed by atoms with E-state index >= 15 is 0 Å². The molecule has 268 valence electrons. The summed E-state index contributed by atoms with van der Waals surface area (Å²) in [7, 11) is -10.1. The molecule has 2 saturated heterocycles. The summed E-state index contributed by atoms with van der Waals surface area (Å²) in [5.74, 6) is -0.966. The lowest BCUT2D eigenvalue weighted by molar-refractivity contribution is -0.161. The molecular formula is C24H32N8O15P2. The molecule has 3 aromatic rings. The molecule has 2 aliphatic rings. The van der Waals surface area contributed by atoms with Gasteiger partial charge < -0.3 is 50.2 Å². The van der Waals surface area contributed by atoms with E-state index in [-0.39, 0.29) is 35.8 Å². The molecule has 5 heterocycles. The molecular weight excluding hydrogens is 702 g/mol. The van der Waals surface area contributed by atoms with Crippen LogP contribution in [0.25, 0.3) is 11.2 Å². The molecule has 2 fully saturated rings. The number of nitrogens with zero attached hydrogens (tertiary/aromatic N) is 6. The monoisotopic (exact) mass is 734 g/mol. The van der Waals surface area contributed by atoms with Crippen molar-refractivity contribution in [1.82, 2.24) is 29.1 Å². The van der Waals surface area contributed by atoms with E-state index in [0.717, 1.165) is 10.9 Å². The minimum atomic E-state index is -5.11. The van der Waals surface area contributed by atoms with Gasteiger partial charge in [0.1, 0.15) is 54.9 Å². The third-order valence-corrected chi connectivity index (χ3v) is 8.61. The lowest BCUT2D eigenvalue weighted by Crippen LogP contribution is -2.39. The Kier molecular flexibility index (Phi) is 11.2. The number of fused-ring (bicyclic) bond motifs is 1. The number of anilines is 2. The van der Waals surface area contributed by atoms with Crippen LogP contribution in [0.2, 0.25) is 0 Å². The van der Waals surface area contributed by atoms with Crippen LogP contribution in [0.3, 0.4) is 0 Å². The maximum absolute atomic E-state index is 13.2. The van der Waals surface area contributed by atoms with Crippen molar-refractivity contribution >= 4 is 44.4 Å². The first-order chi connectivity index (χ1) is 23.2. The summed E-state index contributed by atoms with van der Waals surface area (Å²) in [6, 6.07) is 1.28. The van der Waals surface area contributed by atoms with Crippen molar-refractivity contribution in [2.75, 3.05) is 37.9 Å². The second kappa shape index (κ2) is 15.0. The van der Waals surface area contributed by atoms with Crippen LogP contribution in [0.5, 0.6) is 0 Å². The number of carbonyl (C=O) groups is 1. The molecule has 3 aromatic heterocycles. The second-order valence-corrected chi connectivity index (χ2v) is 13.1. The average molecular weight is 735 g/mol. The van der Waals surface area contributed by atoms with Gasteiger partial charge in [0.25, 0.3) is 0 Å². The molecule has 0 bridgehead atoms. The number of nitrogens with two attached hydrogens (primary N) is 2. The number of nitrogen functional groups attached to an aromatic ring is 2. The summed E-state index contributed by atoms with van der Waals surface area (Å²) in [6.45, 7) is 1.35. The Morgan fingerprint density at radius 1 is 1.10 bits per heavy atom. The highest BCUT2D eigenvalue weighted by atomic mass is 31.2. The fourth-order valence-electron chi connectivity index (χ4n) is 5.01. The molecule has 8 atom stereocenters. The molecule has 0 aromatic carbocycles. The van der Waals surface area contributed by atoms with E-state index in [1.165, 1.54) is 29.2 Å².